The molecule has 1 saturated heterocycles. The Labute approximate surface area is 81.5 Å². The first-order chi connectivity index (χ1) is 6.84. The topological polar surface area (TPSA) is 67.0 Å². The van der Waals surface area contributed by atoms with Crippen molar-refractivity contribution >= 4 is 0 Å². The number of aromatic nitrogens is 2. The maximum absolute atomic E-state index is 10.7. The lowest BCUT2D eigenvalue weighted by Gasteiger charge is -2.22. The van der Waals surface area contributed by atoms with E-state index in [4.69, 9.17) is 4.74 Å². The van der Waals surface area contributed by atoms with Gasteiger partial charge in [-0.05, 0) is 25.9 Å². The van der Waals surface area contributed by atoms with Gasteiger partial charge in [0.15, 0.2) is 0 Å². The van der Waals surface area contributed by atoms with E-state index in [2.05, 4.69) is 15.5 Å². The second-order valence-electron chi connectivity index (χ2n) is 3.33. The van der Waals surface area contributed by atoms with Gasteiger partial charge in [-0.3, -0.25) is 4.79 Å². The van der Waals surface area contributed by atoms with Gasteiger partial charge in [-0.15, -0.1) is 5.10 Å². The van der Waals surface area contributed by atoms with Gasteiger partial charge in [-0.2, -0.15) is 0 Å². The second-order valence-corrected chi connectivity index (χ2v) is 3.33. The number of H-pyrrole nitrogens is 1. The summed E-state index contributed by atoms with van der Waals surface area (Å²) in [7, 11) is 0. The van der Waals surface area contributed by atoms with Crippen LogP contribution in [0.4, 0.5) is 0 Å². The number of hydrogen-bond donors (Lipinski definition) is 2. The lowest BCUT2D eigenvalue weighted by molar-refractivity contribution is 0.154. The van der Waals surface area contributed by atoms with Crippen LogP contribution in [-0.2, 0) is 0 Å². The molecule has 0 bridgehead atoms. The maximum Gasteiger partial charge on any atom is 0.264 e. The Balaban J connectivity index is 1.96. The van der Waals surface area contributed by atoms with E-state index in [0.717, 1.165) is 25.9 Å². The Morgan fingerprint density at radius 1 is 1.36 bits per heavy atom. The molecule has 1 fully saturated rings. The molecular formula is C9H13N3O2. The minimum atomic E-state index is -0.206. The van der Waals surface area contributed by atoms with Crippen LogP contribution in [0, 0.1) is 0 Å². The number of ether oxygens (including phenoxy) is 1. The lowest BCUT2D eigenvalue weighted by Crippen LogP contribution is -2.34. The third-order valence-corrected chi connectivity index (χ3v) is 2.23. The summed E-state index contributed by atoms with van der Waals surface area (Å²) < 4.78 is 5.59. The second kappa shape index (κ2) is 4.23. The van der Waals surface area contributed by atoms with Crippen molar-refractivity contribution in [1.29, 1.82) is 0 Å². The summed E-state index contributed by atoms with van der Waals surface area (Å²) in [5.41, 5.74) is -0.206. The van der Waals surface area contributed by atoms with Crippen LogP contribution < -0.4 is 15.6 Å². The first-order valence-corrected chi connectivity index (χ1v) is 4.78. The first kappa shape index (κ1) is 9.21. The molecule has 5 heteroatoms. The van der Waals surface area contributed by atoms with E-state index < -0.39 is 0 Å². The molecule has 1 aliphatic heterocycles. The van der Waals surface area contributed by atoms with E-state index >= 15 is 0 Å². The highest BCUT2D eigenvalue weighted by atomic mass is 16.5. The van der Waals surface area contributed by atoms with E-state index in [1.807, 2.05) is 0 Å². The van der Waals surface area contributed by atoms with Crippen molar-refractivity contribution in [1.82, 2.24) is 15.5 Å². The van der Waals surface area contributed by atoms with Crippen LogP contribution in [0.5, 0.6) is 5.88 Å². The fourth-order valence-electron chi connectivity index (χ4n) is 1.48. The van der Waals surface area contributed by atoms with Crippen LogP contribution in [0.2, 0.25) is 0 Å². The predicted molar refractivity (Wildman–Crippen MR) is 51.4 cm³/mol. The molecule has 0 spiro atoms. The Kier molecular flexibility index (Phi) is 2.78. The highest BCUT2D eigenvalue weighted by Crippen LogP contribution is 2.11. The molecule has 2 heterocycles. The smallest absolute Gasteiger partial charge is 0.264 e. The molecule has 0 aliphatic carbocycles. The van der Waals surface area contributed by atoms with Crippen molar-refractivity contribution in [2.75, 3.05) is 13.1 Å². The SMILES string of the molecule is O=c1ccc(OC2CCNCC2)n[nH]1. The van der Waals surface area contributed by atoms with Gasteiger partial charge >= 0.3 is 0 Å². The van der Waals surface area contributed by atoms with E-state index in [0.29, 0.717) is 5.88 Å². The van der Waals surface area contributed by atoms with Gasteiger partial charge in [0.05, 0.1) is 0 Å². The van der Waals surface area contributed by atoms with Crippen molar-refractivity contribution in [2.45, 2.75) is 18.9 Å². The third-order valence-electron chi connectivity index (χ3n) is 2.23. The van der Waals surface area contributed by atoms with Crippen molar-refractivity contribution in [3.8, 4) is 5.88 Å². The number of rotatable bonds is 2. The molecule has 0 amide bonds. The molecule has 1 aromatic heterocycles. The summed E-state index contributed by atoms with van der Waals surface area (Å²) >= 11 is 0. The van der Waals surface area contributed by atoms with Gasteiger partial charge in [0, 0.05) is 12.1 Å². The number of hydrogen-bond acceptors (Lipinski definition) is 4. The molecule has 2 N–H and O–H groups in total. The third kappa shape index (κ3) is 2.32. The molecule has 0 unspecified atom stereocenters. The standard InChI is InChI=1S/C9H13N3O2/c13-8-1-2-9(12-11-8)14-7-3-5-10-6-4-7/h1-2,7,10H,3-6H2,(H,11,13). The van der Waals surface area contributed by atoms with Crippen LogP contribution in [0.1, 0.15) is 12.8 Å². The summed E-state index contributed by atoms with van der Waals surface area (Å²) in [5, 5.41) is 9.39. The van der Waals surface area contributed by atoms with Gasteiger partial charge < -0.3 is 10.1 Å². The van der Waals surface area contributed by atoms with Crippen LogP contribution in [0.15, 0.2) is 16.9 Å². The largest absolute Gasteiger partial charge is 0.473 e. The Bertz CT molecular complexity index is 324. The molecule has 0 radical (unpaired) electrons. The number of aromatic amines is 1. The fraction of sp³-hybridized carbons (Fsp3) is 0.556. The maximum atomic E-state index is 10.7. The zero-order chi connectivity index (χ0) is 9.80. The molecule has 0 aromatic carbocycles. The highest BCUT2D eigenvalue weighted by molar-refractivity contribution is 5.06. The average molecular weight is 195 g/mol. The van der Waals surface area contributed by atoms with E-state index in [-0.39, 0.29) is 11.7 Å². The molecule has 0 atom stereocenters. The molecule has 1 aliphatic rings. The monoisotopic (exact) mass is 195 g/mol. The van der Waals surface area contributed by atoms with Crippen molar-refractivity contribution < 1.29 is 4.74 Å². The van der Waals surface area contributed by atoms with E-state index in [1.165, 1.54) is 6.07 Å². The summed E-state index contributed by atoms with van der Waals surface area (Å²) in [6.45, 7) is 1.96. The van der Waals surface area contributed by atoms with E-state index in [1.54, 1.807) is 6.07 Å². The summed E-state index contributed by atoms with van der Waals surface area (Å²) in [6, 6.07) is 3.02. The van der Waals surface area contributed by atoms with Gasteiger partial charge in [0.2, 0.25) is 5.88 Å². The van der Waals surface area contributed by atoms with Crippen LogP contribution in [0.3, 0.4) is 0 Å². The Hall–Kier alpha value is -1.36. The number of nitrogens with zero attached hydrogens (tertiary/aromatic N) is 1. The zero-order valence-electron chi connectivity index (χ0n) is 7.82. The predicted octanol–water partition coefficient (Wildman–Crippen LogP) is -0.0993. The normalized spacial score (nSPS) is 18.0. The highest BCUT2D eigenvalue weighted by Gasteiger charge is 2.14. The Morgan fingerprint density at radius 2 is 2.14 bits per heavy atom. The Morgan fingerprint density at radius 3 is 2.79 bits per heavy atom. The zero-order valence-corrected chi connectivity index (χ0v) is 7.82. The molecule has 0 saturated carbocycles. The lowest BCUT2D eigenvalue weighted by atomic mass is 10.1. The average Bonchev–Trinajstić information content (AvgIpc) is 2.23. The molecule has 1 aromatic rings. The van der Waals surface area contributed by atoms with Gasteiger partial charge in [0.1, 0.15) is 6.10 Å². The number of nitrogens with one attached hydrogen (secondary N) is 2. The summed E-state index contributed by atoms with van der Waals surface area (Å²) in [4.78, 5) is 10.7. The van der Waals surface area contributed by atoms with Crippen LogP contribution in [-0.4, -0.2) is 29.4 Å². The molecule has 14 heavy (non-hydrogen) atoms. The molecule has 76 valence electrons. The van der Waals surface area contributed by atoms with Crippen molar-refractivity contribution in [3.63, 3.8) is 0 Å². The summed E-state index contributed by atoms with van der Waals surface area (Å²) in [5.74, 6) is 0.497. The van der Waals surface area contributed by atoms with Crippen LogP contribution >= 0.6 is 0 Å². The minimum absolute atomic E-state index is 0.206. The van der Waals surface area contributed by atoms with Gasteiger partial charge in [0.25, 0.3) is 5.56 Å². The van der Waals surface area contributed by atoms with Crippen LogP contribution in [0.25, 0.3) is 0 Å². The first-order valence-electron chi connectivity index (χ1n) is 4.78. The number of piperidine rings is 1. The molecule has 5 nitrogen and oxygen atoms in total. The fourth-order valence-corrected chi connectivity index (χ4v) is 1.48. The van der Waals surface area contributed by atoms with E-state index in [9.17, 15) is 4.79 Å². The quantitative estimate of drug-likeness (QED) is 0.691. The summed E-state index contributed by atoms with van der Waals surface area (Å²) in [6.07, 6.45) is 2.19. The minimum Gasteiger partial charge on any atom is -0.473 e. The van der Waals surface area contributed by atoms with Gasteiger partial charge in [-0.25, -0.2) is 5.10 Å². The van der Waals surface area contributed by atoms with Crippen molar-refractivity contribution in [3.05, 3.63) is 22.5 Å². The van der Waals surface area contributed by atoms with Crippen molar-refractivity contribution in [2.24, 2.45) is 0 Å². The molecular weight excluding hydrogens is 182 g/mol. The molecule has 2 rings (SSSR count). The van der Waals surface area contributed by atoms with Gasteiger partial charge in [-0.1, -0.05) is 0 Å².